The van der Waals surface area contributed by atoms with Crippen LogP contribution in [0.3, 0.4) is 0 Å². The summed E-state index contributed by atoms with van der Waals surface area (Å²) in [6, 6.07) is 0. The van der Waals surface area contributed by atoms with Crippen molar-refractivity contribution in [3.05, 3.63) is 11.5 Å². The molecular formula is C6H9NO5. The normalized spacial score (nSPS) is 25.8. The van der Waals surface area contributed by atoms with Crippen LogP contribution in [0.2, 0.25) is 0 Å². The summed E-state index contributed by atoms with van der Waals surface area (Å²) in [6.07, 6.45) is -2.43. The fourth-order valence-corrected chi connectivity index (χ4v) is 0.851. The van der Waals surface area contributed by atoms with Gasteiger partial charge in [-0.1, -0.05) is 0 Å². The molecule has 6 nitrogen and oxygen atoms in total. The number of carbonyl (C=O) groups is 1. The van der Waals surface area contributed by atoms with E-state index in [-0.39, 0.29) is 6.54 Å². The minimum Gasteiger partial charge on any atom is -0.505 e. The second-order valence-electron chi connectivity index (χ2n) is 2.36. The molecule has 5 N–H and O–H groups in total. The summed E-state index contributed by atoms with van der Waals surface area (Å²) < 4.78 is 4.40. The summed E-state index contributed by atoms with van der Waals surface area (Å²) in [6.45, 7) is -0.171. The van der Waals surface area contributed by atoms with E-state index in [4.69, 9.17) is 21.1 Å². The Bertz CT molecular complexity index is 236. The predicted molar refractivity (Wildman–Crippen MR) is 37.2 cm³/mol. The van der Waals surface area contributed by atoms with Crippen molar-refractivity contribution < 1.29 is 24.9 Å². The van der Waals surface area contributed by atoms with Gasteiger partial charge in [0.2, 0.25) is 5.76 Å². The topological polar surface area (TPSA) is 113 Å². The van der Waals surface area contributed by atoms with Gasteiger partial charge in [-0.25, -0.2) is 4.79 Å². The number of cyclic esters (lactones) is 1. The Morgan fingerprint density at radius 2 is 2.17 bits per heavy atom. The molecule has 0 fully saturated rings. The largest absolute Gasteiger partial charge is 0.505 e. The van der Waals surface area contributed by atoms with Crippen molar-refractivity contribution in [2.75, 3.05) is 6.54 Å². The average molecular weight is 175 g/mol. The van der Waals surface area contributed by atoms with Crippen molar-refractivity contribution in [1.29, 1.82) is 0 Å². The molecule has 1 aliphatic rings. The molecule has 0 spiro atoms. The summed E-state index contributed by atoms with van der Waals surface area (Å²) in [7, 11) is 0. The zero-order chi connectivity index (χ0) is 9.30. The average Bonchev–Trinajstić information content (AvgIpc) is 2.32. The van der Waals surface area contributed by atoms with E-state index >= 15 is 0 Å². The maximum Gasteiger partial charge on any atom is 0.377 e. The lowest BCUT2D eigenvalue weighted by atomic mass is 10.2. The van der Waals surface area contributed by atoms with Crippen molar-refractivity contribution in [3.63, 3.8) is 0 Å². The summed E-state index contributed by atoms with van der Waals surface area (Å²) in [5.41, 5.74) is 5.05. The molecule has 0 bridgehead atoms. The fourth-order valence-electron chi connectivity index (χ4n) is 0.851. The van der Waals surface area contributed by atoms with Crippen molar-refractivity contribution in [2.24, 2.45) is 5.73 Å². The van der Waals surface area contributed by atoms with Gasteiger partial charge in [0.05, 0.1) is 0 Å². The number of carbonyl (C=O) groups excluding carboxylic acids is 1. The Labute approximate surface area is 67.9 Å². The molecule has 2 unspecified atom stereocenters. The van der Waals surface area contributed by atoms with Gasteiger partial charge in [-0.05, 0) is 0 Å². The van der Waals surface area contributed by atoms with Crippen LogP contribution >= 0.6 is 0 Å². The number of aliphatic hydroxyl groups is 3. The Balaban J connectivity index is 2.80. The second kappa shape index (κ2) is 3.00. The molecule has 1 rings (SSSR count). The molecule has 0 radical (unpaired) electrons. The van der Waals surface area contributed by atoms with E-state index in [9.17, 15) is 4.79 Å². The van der Waals surface area contributed by atoms with Crippen molar-refractivity contribution >= 4 is 5.97 Å². The van der Waals surface area contributed by atoms with Crippen LogP contribution in [0.1, 0.15) is 0 Å². The summed E-state index contributed by atoms with van der Waals surface area (Å²) in [5.74, 6) is -2.59. The van der Waals surface area contributed by atoms with Gasteiger partial charge in [-0.15, -0.1) is 0 Å². The van der Waals surface area contributed by atoms with Crippen molar-refractivity contribution in [3.8, 4) is 0 Å². The van der Waals surface area contributed by atoms with Crippen molar-refractivity contribution in [2.45, 2.75) is 12.2 Å². The quantitative estimate of drug-likeness (QED) is 0.382. The number of rotatable bonds is 2. The van der Waals surface area contributed by atoms with E-state index in [0.717, 1.165) is 0 Å². The SMILES string of the molecule is NCC(O)C1OC(=O)C(O)=C1O. The van der Waals surface area contributed by atoms with Crippen LogP contribution in [-0.4, -0.2) is 40.0 Å². The standard InChI is InChI=1S/C6H9NO5/c7-1-2(8)5-3(9)4(10)6(11)12-5/h2,5,8-10H,1,7H2. The van der Waals surface area contributed by atoms with Crippen LogP contribution in [0, 0.1) is 0 Å². The third-order valence-corrected chi connectivity index (χ3v) is 1.53. The molecule has 0 aliphatic carbocycles. The highest BCUT2D eigenvalue weighted by Gasteiger charge is 2.38. The molecule has 1 aliphatic heterocycles. The van der Waals surface area contributed by atoms with Gasteiger partial charge in [-0.3, -0.25) is 0 Å². The maximum absolute atomic E-state index is 10.6. The highest BCUT2D eigenvalue weighted by Crippen LogP contribution is 2.20. The lowest BCUT2D eigenvalue weighted by molar-refractivity contribution is -0.146. The van der Waals surface area contributed by atoms with Crippen LogP contribution in [-0.2, 0) is 9.53 Å². The van der Waals surface area contributed by atoms with Gasteiger partial charge in [0.25, 0.3) is 0 Å². The van der Waals surface area contributed by atoms with E-state index in [1.54, 1.807) is 0 Å². The molecule has 0 saturated carbocycles. The van der Waals surface area contributed by atoms with Crippen LogP contribution in [0.25, 0.3) is 0 Å². The molecule has 1 heterocycles. The molecule has 0 aromatic rings. The fraction of sp³-hybridized carbons (Fsp3) is 0.500. The van der Waals surface area contributed by atoms with Crippen LogP contribution in [0.5, 0.6) is 0 Å². The van der Waals surface area contributed by atoms with Crippen LogP contribution in [0.4, 0.5) is 0 Å². The van der Waals surface area contributed by atoms with Gasteiger partial charge < -0.3 is 25.8 Å². The highest BCUT2D eigenvalue weighted by atomic mass is 16.6. The highest BCUT2D eigenvalue weighted by molar-refractivity contribution is 5.89. The molecule has 2 atom stereocenters. The Morgan fingerprint density at radius 1 is 1.58 bits per heavy atom. The number of aliphatic hydroxyl groups excluding tert-OH is 3. The molecular weight excluding hydrogens is 166 g/mol. The van der Waals surface area contributed by atoms with E-state index in [0.29, 0.717) is 0 Å². The number of ether oxygens (including phenoxy) is 1. The molecule has 68 valence electrons. The third-order valence-electron chi connectivity index (χ3n) is 1.53. The minimum atomic E-state index is -1.23. The smallest absolute Gasteiger partial charge is 0.377 e. The van der Waals surface area contributed by atoms with E-state index in [1.807, 2.05) is 0 Å². The minimum absolute atomic E-state index is 0.171. The first-order valence-electron chi connectivity index (χ1n) is 3.29. The molecule has 0 saturated heterocycles. The first kappa shape index (κ1) is 8.82. The number of esters is 1. The van der Waals surface area contributed by atoms with Gasteiger partial charge in [-0.2, -0.15) is 0 Å². The van der Waals surface area contributed by atoms with E-state index in [2.05, 4.69) is 4.74 Å². The summed E-state index contributed by atoms with van der Waals surface area (Å²) in [4.78, 5) is 10.6. The van der Waals surface area contributed by atoms with Gasteiger partial charge >= 0.3 is 5.97 Å². The predicted octanol–water partition coefficient (Wildman–Crippen LogP) is -1.44. The van der Waals surface area contributed by atoms with Crippen LogP contribution in [0.15, 0.2) is 11.5 Å². The van der Waals surface area contributed by atoms with Gasteiger partial charge in [0.15, 0.2) is 11.9 Å². The summed E-state index contributed by atoms with van der Waals surface area (Å²) >= 11 is 0. The Hall–Kier alpha value is -1.27. The molecule has 0 aromatic heterocycles. The molecule has 0 aromatic carbocycles. The zero-order valence-electron chi connectivity index (χ0n) is 6.10. The Morgan fingerprint density at radius 3 is 2.50 bits per heavy atom. The monoisotopic (exact) mass is 175 g/mol. The zero-order valence-corrected chi connectivity index (χ0v) is 6.10. The molecule has 6 heteroatoms. The third kappa shape index (κ3) is 1.21. The first-order valence-corrected chi connectivity index (χ1v) is 3.29. The number of hydrogen-bond acceptors (Lipinski definition) is 6. The van der Waals surface area contributed by atoms with E-state index < -0.39 is 29.7 Å². The van der Waals surface area contributed by atoms with Gasteiger partial charge in [0, 0.05) is 6.54 Å². The van der Waals surface area contributed by atoms with Crippen molar-refractivity contribution in [1.82, 2.24) is 0 Å². The maximum atomic E-state index is 10.6. The molecule has 12 heavy (non-hydrogen) atoms. The number of hydrogen-bond donors (Lipinski definition) is 4. The lowest BCUT2D eigenvalue weighted by Crippen LogP contribution is -2.35. The molecule has 0 amide bonds. The second-order valence-corrected chi connectivity index (χ2v) is 2.36. The van der Waals surface area contributed by atoms with E-state index in [1.165, 1.54) is 0 Å². The Kier molecular flexibility index (Phi) is 2.20. The van der Waals surface area contributed by atoms with Crippen LogP contribution < -0.4 is 5.73 Å². The lowest BCUT2D eigenvalue weighted by Gasteiger charge is -2.14. The van der Waals surface area contributed by atoms with Gasteiger partial charge in [0.1, 0.15) is 6.10 Å². The first-order chi connectivity index (χ1) is 5.57. The summed E-state index contributed by atoms with van der Waals surface area (Å²) in [5, 5.41) is 26.8. The number of nitrogens with two attached hydrogens (primary N) is 1.